The predicted octanol–water partition coefficient (Wildman–Crippen LogP) is 4.28. The Hall–Kier alpha value is -3.27. The van der Waals surface area contributed by atoms with Gasteiger partial charge in [0.1, 0.15) is 11.6 Å². The SMILES string of the molecule is C[C@H]1C(=O)NC[C@@H]1CNc1cc(-c2cccc(OC(F)(F)F)c2)n(-c2cncc(Cl)c2)n1. The van der Waals surface area contributed by atoms with Crippen molar-refractivity contribution in [2.75, 3.05) is 18.4 Å². The smallest absolute Gasteiger partial charge is 0.406 e. The third-order valence-corrected chi connectivity index (χ3v) is 5.42. The van der Waals surface area contributed by atoms with E-state index in [0.29, 0.717) is 40.9 Å². The summed E-state index contributed by atoms with van der Waals surface area (Å²) in [5.41, 5.74) is 1.50. The molecule has 0 bridgehead atoms. The van der Waals surface area contributed by atoms with Crippen LogP contribution in [0, 0.1) is 11.8 Å². The molecule has 1 aliphatic rings. The molecular formula is C21H19ClF3N5O2. The lowest BCUT2D eigenvalue weighted by Crippen LogP contribution is -2.21. The molecule has 168 valence electrons. The van der Waals surface area contributed by atoms with E-state index in [-0.39, 0.29) is 23.5 Å². The molecule has 3 aromatic rings. The number of benzene rings is 1. The van der Waals surface area contributed by atoms with E-state index in [2.05, 4.69) is 25.5 Å². The Kier molecular flexibility index (Phi) is 5.96. The van der Waals surface area contributed by atoms with Crippen LogP contribution in [-0.4, -0.2) is 40.1 Å². The zero-order valence-electron chi connectivity index (χ0n) is 16.9. The van der Waals surface area contributed by atoms with Crippen molar-refractivity contribution in [1.82, 2.24) is 20.1 Å². The lowest BCUT2D eigenvalue weighted by molar-refractivity contribution is -0.274. The Labute approximate surface area is 186 Å². The van der Waals surface area contributed by atoms with Gasteiger partial charge in [0, 0.05) is 42.8 Å². The number of nitrogens with zero attached hydrogens (tertiary/aromatic N) is 3. The maximum Gasteiger partial charge on any atom is 0.573 e. The summed E-state index contributed by atoms with van der Waals surface area (Å²) in [6.07, 6.45) is -1.79. The van der Waals surface area contributed by atoms with Crippen molar-refractivity contribution in [3.8, 4) is 22.7 Å². The monoisotopic (exact) mass is 465 g/mol. The Bertz CT molecular complexity index is 1130. The fourth-order valence-corrected chi connectivity index (χ4v) is 3.68. The van der Waals surface area contributed by atoms with Crippen molar-refractivity contribution in [3.63, 3.8) is 0 Å². The first-order chi connectivity index (χ1) is 15.2. The number of anilines is 1. The first kappa shape index (κ1) is 21.9. The molecule has 4 rings (SSSR count). The Morgan fingerprint density at radius 2 is 2.09 bits per heavy atom. The van der Waals surface area contributed by atoms with Gasteiger partial charge < -0.3 is 15.4 Å². The van der Waals surface area contributed by atoms with Crippen LogP contribution in [0.5, 0.6) is 5.75 Å². The van der Waals surface area contributed by atoms with Crippen molar-refractivity contribution in [3.05, 3.63) is 53.8 Å². The molecule has 11 heteroatoms. The average molecular weight is 466 g/mol. The second kappa shape index (κ2) is 8.70. The molecule has 0 spiro atoms. The number of aromatic nitrogens is 3. The highest BCUT2D eigenvalue weighted by Gasteiger charge is 2.32. The highest BCUT2D eigenvalue weighted by molar-refractivity contribution is 6.30. The van der Waals surface area contributed by atoms with E-state index in [1.807, 2.05) is 6.92 Å². The minimum Gasteiger partial charge on any atom is -0.406 e. The summed E-state index contributed by atoms with van der Waals surface area (Å²) in [6, 6.07) is 8.98. The van der Waals surface area contributed by atoms with Crippen molar-refractivity contribution < 1.29 is 22.7 Å². The number of rotatable bonds is 6. The van der Waals surface area contributed by atoms with E-state index in [4.69, 9.17) is 11.6 Å². The van der Waals surface area contributed by atoms with Crippen molar-refractivity contribution in [2.24, 2.45) is 11.8 Å². The fourth-order valence-electron chi connectivity index (χ4n) is 3.51. The number of halogens is 4. The molecular weight excluding hydrogens is 447 g/mol. The van der Waals surface area contributed by atoms with Gasteiger partial charge in [-0.25, -0.2) is 4.68 Å². The van der Waals surface area contributed by atoms with Gasteiger partial charge in [0.2, 0.25) is 5.91 Å². The largest absolute Gasteiger partial charge is 0.573 e. The molecule has 2 N–H and O–H groups in total. The Morgan fingerprint density at radius 1 is 1.28 bits per heavy atom. The van der Waals surface area contributed by atoms with Crippen LogP contribution in [0.25, 0.3) is 16.9 Å². The molecule has 1 saturated heterocycles. The van der Waals surface area contributed by atoms with Gasteiger partial charge >= 0.3 is 6.36 Å². The van der Waals surface area contributed by atoms with Gasteiger partial charge in [-0.2, -0.15) is 0 Å². The molecule has 1 aliphatic heterocycles. The molecule has 7 nitrogen and oxygen atoms in total. The maximum atomic E-state index is 12.7. The molecule has 2 atom stereocenters. The second-order valence-electron chi connectivity index (χ2n) is 7.44. The number of hydrogen-bond donors (Lipinski definition) is 2. The topological polar surface area (TPSA) is 81.1 Å². The van der Waals surface area contributed by atoms with Crippen LogP contribution in [0.1, 0.15) is 6.92 Å². The number of nitrogens with one attached hydrogen (secondary N) is 2. The number of carbonyl (C=O) groups is 1. The van der Waals surface area contributed by atoms with Gasteiger partial charge in [-0.1, -0.05) is 30.7 Å². The number of hydrogen-bond acceptors (Lipinski definition) is 5. The highest BCUT2D eigenvalue weighted by atomic mass is 35.5. The number of ether oxygens (including phenoxy) is 1. The summed E-state index contributed by atoms with van der Waals surface area (Å²) in [4.78, 5) is 15.8. The molecule has 1 fully saturated rings. The molecule has 2 aromatic heterocycles. The fraction of sp³-hybridized carbons (Fsp3) is 0.286. The van der Waals surface area contributed by atoms with Crippen LogP contribution in [0.2, 0.25) is 5.02 Å². The van der Waals surface area contributed by atoms with E-state index in [0.717, 1.165) is 0 Å². The second-order valence-corrected chi connectivity index (χ2v) is 7.87. The Balaban J connectivity index is 1.67. The van der Waals surface area contributed by atoms with Crippen LogP contribution >= 0.6 is 11.6 Å². The summed E-state index contributed by atoms with van der Waals surface area (Å²) in [5.74, 6) is 0.124. The van der Waals surface area contributed by atoms with Crippen LogP contribution < -0.4 is 15.4 Å². The number of pyridine rings is 1. The number of alkyl halides is 3. The molecule has 0 saturated carbocycles. The lowest BCUT2D eigenvalue weighted by atomic mass is 9.98. The van der Waals surface area contributed by atoms with Gasteiger partial charge in [0.25, 0.3) is 0 Å². The van der Waals surface area contributed by atoms with Gasteiger partial charge in [-0.3, -0.25) is 9.78 Å². The highest BCUT2D eigenvalue weighted by Crippen LogP contribution is 2.31. The minimum atomic E-state index is -4.80. The van der Waals surface area contributed by atoms with E-state index >= 15 is 0 Å². The maximum absolute atomic E-state index is 12.7. The quantitative estimate of drug-likeness (QED) is 0.568. The standard InChI is InChI=1S/C21H19ClF3N5O2/c1-12-14(9-28-20(12)31)8-27-19-7-18(30(29-19)16-6-15(22)10-26-11-16)13-3-2-4-17(5-13)32-21(23,24)25/h2-7,10-12,14H,8-9H2,1H3,(H,27,29)(H,28,31)/t12-,14+/m1/s1. The summed E-state index contributed by atoms with van der Waals surface area (Å²) in [7, 11) is 0. The molecule has 0 aliphatic carbocycles. The summed E-state index contributed by atoms with van der Waals surface area (Å²) in [5, 5.41) is 11.0. The van der Waals surface area contributed by atoms with E-state index in [9.17, 15) is 18.0 Å². The number of amides is 1. The summed E-state index contributed by atoms with van der Waals surface area (Å²) >= 11 is 6.07. The molecule has 1 aromatic carbocycles. The molecule has 1 amide bonds. The van der Waals surface area contributed by atoms with Crippen LogP contribution in [0.4, 0.5) is 19.0 Å². The van der Waals surface area contributed by atoms with E-state index in [1.165, 1.54) is 29.1 Å². The van der Waals surface area contributed by atoms with Gasteiger partial charge in [0.15, 0.2) is 0 Å². The predicted molar refractivity (Wildman–Crippen MR) is 113 cm³/mol. The number of carbonyl (C=O) groups excluding carboxylic acids is 1. The van der Waals surface area contributed by atoms with Crippen LogP contribution in [-0.2, 0) is 4.79 Å². The average Bonchev–Trinajstić information content (AvgIpc) is 3.29. The van der Waals surface area contributed by atoms with Gasteiger partial charge in [0.05, 0.1) is 22.6 Å². The van der Waals surface area contributed by atoms with Gasteiger partial charge in [-0.15, -0.1) is 18.3 Å². The summed E-state index contributed by atoms with van der Waals surface area (Å²) < 4.78 is 43.6. The minimum absolute atomic E-state index is 0.00880. The first-order valence-corrected chi connectivity index (χ1v) is 10.2. The third-order valence-electron chi connectivity index (χ3n) is 5.21. The first-order valence-electron chi connectivity index (χ1n) is 9.78. The molecule has 3 heterocycles. The van der Waals surface area contributed by atoms with Crippen LogP contribution in [0.15, 0.2) is 48.8 Å². The lowest BCUT2D eigenvalue weighted by Gasteiger charge is -2.12. The van der Waals surface area contributed by atoms with Crippen LogP contribution in [0.3, 0.4) is 0 Å². The van der Waals surface area contributed by atoms with E-state index in [1.54, 1.807) is 24.4 Å². The summed E-state index contributed by atoms with van der Waals surface area (Å²) in [6.45, 7) is 2.93. The van der Waals surface area contributed by atoms with Gasteiger partial charge in [-0.05, 0) is 18.2 Å². The van der Waals surface area contributed by atoms with E-state index < -0.39 is 6.36 Å². The van der Waals surface area contributed by atoms with Crippen molar-refractivity contribution >= 4 is 23.3 Å². The normalized spacial score (nSPS) is 18.5. The van der Waals surface area contributed by atoms with Crippen molar-refractivity contribution in [1.29, 1.82) is 0 Å². The molecule has 0 radical (unpaired) electrons. The Morgan fingerprint density at radius 3 is 2.78 bits per heavy atom. The van der Waals surface area contributed by atoms with Crippen molar-refractivity contribution in [2.45, 2.75) is 13.3 Å². The zero-order chi connectivity index (χ0) is 22.9. The third kappa shape index (κ3) is 4.96. The molecule has 0 unspecified atom stereocenters. The zero-order valence-corrected chi connectivity index (χ0v) is 17.6. The molecule has 32 heavy (non-hydrogen) atoms.